The summed E-state index contributed by atoms with van der Waals surface area (Å²) in [6.07, 6.45) is 3.66. The van der Waals surface area contributed by atoms with Crippen LogP contribution in [0.4, 0.5) is 0 Å². The minimum absolute atomic E-state index is 0.307. The van der Waals surface area contributed by atoms with Gasteiger partial charge in [-0.25, -0.2) is 0 Å². The van der Waals surface area contributed by atoms with E-state index in [9.17, 15) is 14.7 Å². The van der Waals surface area contributed by atoms with E-state index < -0.39 is 18.5 Å². The number of nitrogens with zero attached hydrogens (tertiary/aromatic N) is 2. The van der Waals surface area contributed by atoms with Crippen molar-refractivity contribution in [2.45, 2.75) is 13.5 Å². The Bertz CT molecular complexity index is 1380. The van der Waals surface area contributed by atoms with Crippen molar-refractivity contribution in [2.75, 3.05) is 6.73 Å². The summed E-state index contributed by atoms with van der Waals surface area (Å²) in [6.45, 7) is 2.10. The van der Waals surface area contributed by atoms with Crippen LogP contribution in [0.2, 0.25) is 0 Å². The van der Waals surface area contributed by atoms with Crippen molar-refractivity contribution in [3.8, 4) is 0 Å². The lowest BCUT2D eigenvalue weighted by atomic mass is 9.95. The molecule has 3 heterocycles. The maximum Gasteiger partial charge on any atom is 0.264 e. The molecule has 2 aromatic carbocycles. The fourth-order valence-corrected chi connectivity index (χ4v) is 4.58. The van der Waals surface area contributed by atoms with Gasteiger partial charge in [-0.3, -0.25) is 14.5 Å². The summed E-state index contributed by atoms with van der Waals surface area (Å²) in [6, 6.07) is 13.5. The molecule has 150 valence electrons. The van der Waals surface area contributed by atoms with E-state index in [2.05, 4.69) is 25.5 Å². The van der Waals surface area contributed by atoms with Crippen molar-refractivity contribution in [1.29, 1.82) is 0 Å². The standard InChI is InChI=1S/C23H18BrN3O3/c1-2-26-11-17(15-5-3-4-6-19(15)26)21-20(22(29)27(12-28)23(21)30)16-10-25-18-9-13(24)7-8-14(16)18/h3-11,25,28H,2,12H2,1H3. The second-order valence-electron chi connectivity index (χ2n) is 7.17. The predicted molar refractivity (Wildman–Crippen MR) is 119 cm³/mol. The molecule has 0 unspecified atom stereocenters. The molecule has 2 amide bonds. The second-order valence-corrected chi connectivity index (χ2v) is 8.08. The normalized spacial score (nSPS) is 14.7. The summed E-state index contributed by atoms with van der Waals surface area (Å²) in [5.74, 6) is -0.974. The molecule has 0 bridgehead atoms. The van der Waals surface area contributed by atoms with Gasteiger partial charge in [0.15, 0.2) is 0 Å². The molecule has 0 fully saturated rings. The summed E-state index contributed by atoms with van der Waals surface area (Å²) >= 11 is 3.46. The Kier molecular flexibility index (Phi) is 4.38. The molecule has 0 radical (unpaired) electrons. The van der Waals surface area contributed by atoms with E-state index >= 15 is 0 Å². The average Bonchev–Trinajstić information content (AvgIpc) is 3.39. The first-order valence-corrected chi connectivity index (χ1v) is 10.4. The van der Waals surface area contributed by atoms with Gasteiger partial charge >= 0.3 is 0 Å². The number of aryl methyl sites for hydroxylation is 1. The number of benzene rings is 2. The van der Waals surface area contributed by atoms with Crippen LogP contribution in [0.3, 0.4) is 0 Å². The number of imide groups is 1. The number of aromatic amines is 1. The van der Waals surface area contributed by atoms with Gasteiger partial charge in [0, 0.05) is 56.3 Å². The Morgan fingerprint density at radius 1 is 1.00 bits per heavy atom. The Balaban J connectivity index is 1.85. The topological polar surface area (TPSA) is 78.3 Å². The quantitative estimate of drug-likeness (QED) is 0.446. The highest BCUT2D eigenvalue weighted by molar-refractivity contribution is 9.10. The molecule has 2 N–H and O–H groups in total. The lowest BCUT2D eigenvalue weighted by Gasteiger charge is -2.10. The van der Waals surface area contributed by atoms with Crippen molar-refractivity contribution in [2.24, 2.45) is 0 Å². The van der Waals surface area contributed by atoms with Crippen LogP contribution in [-0.4, -0.2) is 38.1 Å². The predicted octanol–water partition coefficient (Wildman–Crippen LogP) is 4.13. The number of para-hydroxylation sites is 1. The Hall–Kier alpha value is -3.16. The fraction of sp³-hybridized carbons (Fsp3) is 0.130. The molecule has 0 saturated carbocycles. The highest BCUT2D eigenvalue weighted by atomic mass is 79.9. The molecule has 1 aliphatic heterocycles. The molecule has 0 spiro atoms. The number of fused-ring (bicyclic) bond motifs is 2. The molecule has 1 aliphatic rings. The van der Waals surface area contributed by atoms with Crippen LogP contribution in [-0.2, 0) is 16.1 Å². The van der Waals surface area contributed by atoms with Crippen LogP contribution >= 0.6 is 15.9 Å². The van der Waals surface area contributed by atoms with Gasteiger partial charge in [-0.05, 0) is 25.1 Å². The summed E-state index contributed by atoms with van der Waals surface area (Å²) in [5, 5.41) is 11.5. The average molecular weight is 464 g/mol. The highest BCUT2D eigenvalue weighted by Crippen LogP contribution is 2.41. The third kappa shape index (κ3) is 2.59. The molecule has 5 rings (SSSR count). The summed E-state index contributed by atoms with van der Waals surface area (Å²) < 4.78 is 2.97. The minimum atomic E-state index is -0.662. The SMILES string of the molecule is CCn1cc(C2=C(c3c[nH]c4cc(Br)ccc34)C(=O)N(CO)C2=O)c2ccccc21. The van der Waals surface area contributed by atoms with Crippen LogP contribution in [0.25, 0.3) is 33.0 Å². The first-order valence-electron chi connectivity index (χ1n) is 9.61. The molecule has 0 atom stereocenters. The van der Waals surface area contributed by atoms with Crippen molar-refractivity contribution in [3.63, 3.8) is 0 Å². The molecule has 2 aromatic heterocycles. The van der Waals surface area contributed by atoms with E-state index in [4.69, 9.17) is 0 Å². The van der Waals surface area contributed by atoms with Crippen LogP contribution in [0.5, 0.6) is 0 Å². The van der Waals surface area contributed by atoms with Crippen molar-refractivity contribution >= 4 is 60.7 Å². The molecule has 6 nitrogen and oxygen atoms in total. The van der Waals surface area contributed by atoms with Gasteiger partial charge in [-0.15, -0.1) is 0 Å². The largest absolute Gasteiger partial charge is 0.376 e. The van der Waals surface area contributed by atoms with Crippen molar-refractivity contribution < 1.29 is 14.7 Å². The van der Waals surface area contributed by atoms with Crippen molar-refractivity contribution in [3.05, 3.63) is 70.5 Å². The molecular formula is C23H18BrN3O3. The molecule has 7 heteroatoms. The Morgan fingerprint density at radius 3 is 2.47 bits per heavy atom. The number of aromatic nitrogens is 2. The monoisotopic (exact) mass is 463 g/mol. The number of carbonyl (C=O) groups is 2. The van der Waals surface area contributed by atoms with E-state index in [1.165, 1.54) is 0 Å². The van der Waals surface area contributed by atoms with Crippen LogP contribution in [0.1, 0.15) is 18.1 Å². The minimum Gasteiger partial charge on any atom is -0.376 e. The number of H-pyrrole nitrogens is 1. The molecular weight excluding hydrogens is 446 g/mol. The van der Waals surface area contributed by atoms with Gasteiger partial charge in [-0.2, -0.15) is 0 Å². The van der Waals surface area contributed by atoms with Crippen molar-refractivity contribution in [1.82, 2.24) is 14.5 Å². The number of amides is 2. The summed E-state index contributed by atoms with van der Waals surface area (Å²) in [5.41, 5.74) is 3.82. The van der Waals surface area contributed by atoms with Gasteiger partial charge < -0.3 is 14.7 Å². The zero-order valence-corrected chi connectivity index (χ0v) is 17.7. The van der Waals surface area contributed by atoms with Gasteiger partial charge in [0.05, 0.1) is 11.1 Å². The number of hydrogen-bond acceptors (Lipinski definition) is 3. The van der Waals surface area contributed by atoms with E-state index in [1.807, 2.05) is 55.6 Å². The third-order valence-electron chi connectivity index (χ3n) is 5.62. The second kappa shape index (κ2) is 6.97. The zero-order chi connectivity index (χ0) is 21.0. The smallest absolute Gasteiger partial charge is 0.264 e. The Labute approximate surface area is 180 Å². The maximum atomic E-state index is 13.2. The highest BCUT2D eigenvalue weighted by Gasteiger charge is 2.41. The van der Waals surface area contributed by atoms with E-state index in [-0.39, 0.29) is 0 Å². The third-order valence-corrected chi connectivity index (χ3v) is 6.11. The van der Waals surface area contributed by atoms with E-state index in [0.29, 0.717) is 22.3 Å². The lowest BCUT2D eigenvalue weighted by molar-refractivity contribution is -0.139. The number of hydrogen-bond donors (Lipinski definition) is 2. The number of rotatable bonds is 4. The van der Waals surface area contributed by atoms with Crippen LogP contribution < -0.4 is 0 Å². The number of halogens is 1. The van der Waals surface area contributed by atoms with E-state index in [1.54, 1.807) is 6.20 Å². The number of nitrogens with one attached hydrogen (secondary N) is 1. The molecule has 0 aliphatic carbocycles. The number of carbonyl (C=O) groups excluding carboxylic acids is 2. The molecule has 30 heavy (non-hydrogen) atoms. The number of aliphatic hydroxyl groups excluding tert-OH is 1. The first-order chi connectivity index (χ1) is 14.5. The molecule has 0 saturated heterocycles. The first kappa shape index (κ1) is 18.8. The van der Waals surface area contributed by atoms with E-state index in [0.717, 1.165) is 37.7 Å². The molecule has 4 aromatic rings. The fourth-order valence-electron chi connectivity index (χ4n) is 4.22. The van der Waals surface area contributed by atoms with Gasteiger partial charge in [-0.1, -0.05) is 40.2 Å². The maximum absolute atomic E-state index is 13.2. The zero-order valence-electron chi connectivity index (χ0n) is 16.1. The van der Waals surface area contributed by atoms with Gasteiger partial charge in [0.25, 0.3) is 11.8 Å². The van der Waals surface area contributed by atoms with Gasteiger partial charge in [0.2, 0.25) is 0 Å². The summed E-state index contributed by atoms with van der Waals surface area (Å²) in [7, 11) is 0. The number of aliphatic hydroxyl groups is 1. The van der Waals surface area contributed by atoms with Gasteiger partial charge in [0.1, 0.15) is 6.73 Å². The summed E-state index contributed by atoms with van der Waals surface area (Å²) in [4.78, 5) is 30.5. The Morgan fingerprint density at radius 2 is 1.73 bits per heavy atom. The van der Waals surface area contributed by atoms with Crippen LogP contribution in [0, 0.1) is 0 Å². The lowest BCUT2D eigenvalue weighted by Crippen LogP contribution is -2.32. The van der Waals surface area contributed by atoms with Crippen LogP contribution in [0.15, 0.2) is 59.3 Å².